The molecule has 0 radical (unpaired) electrons. The predicted octanol–water partition coefficient (Wildman–Crippen LogP) is 3.55. The summed E-state index contributed by atoms with van der Waals surface area (Å²) in [7, 11) is -3.83. The van der Waals surface area contributed by atoms with Crippen molar-refractivity contribution in [2.45, 2.75) is 48.4 Å². The van der Waals surface area contributed by atoms with Gasteiger partial charge in [0.2, 0.25) is 0 Å². The van der Waals surface area contributed by atoms with Crippen LogP contribution in [0.25, 0.3) is 0 Å². The van der Waals surface area contributed by atoms with E-state index in [-0.39, 0.29) is 21.4 Å². The number of hydrogen-bond donors (Lipinski definition) is 1. The summed E-state index contributed by atoms with van der Waals surface area (Å²) in [4.78, 5) is 16.3. The minimum absolute atomic E-state index is 0.0599. The van der Waals surface area contributed by atoms with E-state index in [2.05, 4.69) is 0 Å². The SMILES string of the molecule is N#Cc1ccc(N2C(=O)C3(CCCC3)N(c3ccc4c(c3)S(=O)(=O)CC(CO)O4)C2=S)cc1C(F)(F)F. The largest absolute Gasteiger partial charge is 0.486 e. The highest BCUT2D eigenvalue weighted by Crippen LogP contribution is 2.48. The molecule has 1 unspecified atom stereocenters. The molecule has 0 aromatic heterocycles. The van der Waals surface area contributed by atoms with E-state index in [9.17, 15) is 31.5 Å². The van der Waals surface area contributed by atoms with Crippen LogP contribution >= 0.6 is 12.2 Å². The number of sulfone groups is 1. The summed E-state index contributed by atoms with van der Waals surface area (Å²) >= 11 is 5.63. The number of aliphatic hydroxyl groups excluding tert-OH is 1. The zero-order chi connectivity index (χ0) is 26.8. The standard InChI is InChI=1S/C24H20F3N3O5S2/c25-24(26,27)18-9-15(4-3-14(18)11-28)29-21(32)23(7-1-2-8-23)30(22(29)36)16-5-6-19-20(10-16)37(33,34)13-17(12-31)35-19/h3-6,9-10,17,31H,1-2,7-8,12-13H2. The monoisotopic (exact) mass is 551 g/mol. The number of thiocarbonyl (C=S) groups is 1. The van der Waals surface area contributed by atoms with Crippen molar-refractivity contribution < 1.29 is 36.2 Å². The molecule has 2 aliphatic heterocycles. The number of ether oxygens (including phenoxy) is 1. The molecule has 1 saturated heterocycles. The number of benzene rings is 2. The van der Waals surface area contributed by atoms with Gasteiger partial charge in [-0.3, -0.25) is 9.69 Å². The van der Waals surface area contributed by atoms with Crippen molar-refractivity contribution in [1.29, 1.82) is 5.26 Å². The quantitative estimate of drug-likeness (QED) is 0.577. The molecule has 194 valence electrons. The number of hydrogen-bond acceptors (Lipinski definition) is 7. The second kappa shape index (κ2) is 8.68. The van der Waals surface area contributed by atoms with Crippen LogP contribution in [-0.2, 0) is 20.8 Å². The zero-order valence-corrected chi connectivity index (χ0v) is 20.8. The van der Waals surface area contributed by atoms with E-state index in [1.165, 1.54) is 35.2 Å². The van der Waals surface area contributed by atoms with Gasteiger partial charge in [-0.05, 0) is 61.5 Å². The lowest BCUT2D eigenvalue weighted by Gasteiger charge is -2.33. The van der Waals surface area contributed by atoms with E-state index in [1.807, 2.05) is 0 Å². The molecule has 8 nitrogen and oxygen atoms in total. The third-order valence-electron chi connectivity index (χ3n) is 6.95. The molecule has 5 rings (SSSR count). The molecule has 2 fully saturated rings. The summed E-state index contributed by atoms with van der Waals surface area (Å²) in [6.07, 6.45) is -3.64. The summed E-state index contributed by atoms with van der Waals surface area (Å²) in [6, 6.07) is 8.80. The van der Waals surface area contributed by atoms with Crippen LogP contribution in [0.3, 0.4) is 0 Å². The van der Waals surface area contributed by atoms with Crippen molar-refractivity contribution in [3.05, 3.63) is 47.5 Å². The van der Waals surface area contributed by atoms with Crippen molar-refractivity contribution in [1.82, 2.24) is 0 Å². The molecule has 1 N–H and O–H groups in total. The minimum atomic E-state index is -4.82. The zero-order valence-electron chi connectivity index (χ0n) is 19.2. The van der Waals surface area contributed by atoms with E-state index >= 15 is 0 Å². The van der Waals surface area contributed by atoms with Gasteiger partial charge in [0.25, 0.3) is 5.91 Å². The van der Waals surface area contributed by atoms with Crippen LogP contribution in [0.2, 0.25) is 0 Å². The molecule has 1 amide bonds. The number of alkyl halides is 3. The highest BCUT2D eigenvalue weighted by atomic mass is 32.2. The van der Waals surface area contributed by atoms with Gasteiger partial charge in [-0.15, -0.1) is 0 Å². The third-order valence-corrected chi connectivity index (χ3v) is 9.12. The molecule has 2 aromatic rings. The van der Waals surface area contributed by atoms with Crippen molar-refractivity contribution in [2.75, 3.05) is 22.2 Å². The maximum atomic E-state index is 13.8. The van der Waals surface area contributed by atoms with Gasteiger partial charge in [0.15, 0.2) is 14.9 Å². The van der Waals surface area contributed by atoms with Crippen LogP contribution in [0.15, 0.2) is 41.3 Å². The average Bonchev–Trinajstić information content (AvgIpc) is 3.41. The molecule has 1 atom stereocenters. The van der Waals surface area contributed by atoms with E-state index < -0.39 is 57.1 Å². The van der Waals surface area contributed by atoms with E-state index in [4.69, 9.17) is 22.2 Å². The fraction of sp³-hybridized carbons (Fsp3) is 0.375. The Morgan fingerprint density at radius 2 is 1.84 bits per heavy atom. The van der Waals surface area contributed by atoms with E-state index in [1.54, 1.807) is 0 Å². The van der Waals surface area contributed by atoms with Crippen LogP contribution in [0, 0.1) is 11.3 Å². The number of nitriles is 1. The molecular formula is C24H20F3N3O5S2. The van der Waals surface area contributed by atoms with Gasteiger partial charge < -0.3 is 14.7 Å². The molecular weight excluding hydrogens is 531 g/mol. The highest BCUT2D eigenvalue weighted by molar-refractivity contribution is 7.91. The van der Waals surface area contributed by atoms with E-state index in [0.29, 0.717) is 31.4 Å². The second-order valence-electron chi connectivity index (χ2n) is 9.17. The predicted molar refractivity (Wildman–Crippen MR) is 130 cm³/mol. The molecule has 1 saturated carbocycles. The van der Waals surface area contributed by atoms with Crippen LogP contribution in [0.4, 0.5) is 24.5 Å². The summed E-state index contributed by atoms with van der Waals surface area (Å²) in [5.74, 6) is -0.874. The van der Waals surface area contributed by atoms with Gasteiger partial charge in [0.05, 0.1) is 35.2 Å². The topological polar surface area (TPSA) is 111 Å². The number of halogens is 3. The molecule has 37 heavy (non-hydrogen) atoms. The number of aliphatic hydroxyl groups is 1. The van der Waals surface area contributed by atoms with Crippen LogP contribution in [0.5, 0.6) is 5.75 Å². The number of amides is 1. The molecule has 2 heterocycles. The Labute approximate surface area is 215 Å². The maximum Gasteiger partial charge on any atom is 0.417 e. The number of carbonyl (C=O) groups is 1. The lowest BCUT2D eigenvalue weighted by molar-refractivity contribution is -0.137. The van der Waals surface area contributed by atoms with Crippen molar-refractivity contribution in [3.63, 3.8) is 0 Å². The Hall–Kier alpha value is -3.21. The van der Waals surface area contributed by atoms with E-state index in [0.717, 1.165) is 17.0 Å². The second-order valence-corrected chi connectivity index (χ2v) is 11.5. The number of rotatable bonds is 3. The Kier molecular flexibility index (Phi) is 5.97. The lowest BCUT2D eigenvalue weighted by atomic mass is 9.94. The first-order chi connectivity index (χ1) is 17.4. The highest BCUT2D eigenvalue weighted by Gasteiger charge is 2.58. The van der Waals surface area contributed by atoms with Crippen LogP contribution < -0.4 is 14.5 Å². The number of nitrogens with zero attached hydrogens (tertiary/aromatic N) is 3. The third kappa shape index (κ3) is 3.94. The first kappa shape index (κ1) is 25.4. The maximum absolute atomic E-state index is 13.8. The van der Waals surface area contributed by atoms with Crippen molar-refractivity contribution in [2.24, 2.45) is 0 Å². The average molecular weight is 552 g/mol. The summed E-state index contributed by atoms with van der Waals surface area (Å²) in [5.41, 5.74) is -2.79. The molecule has 13 heteroatoms. The van der Waals surface area contributed by atoms with Gasteiger partial charge in [0.1, 0.15) is 22.3 Å². The Morgan fingerprint density at radius 1 is 1.16 bits per heavy atom. The van der Waals surface area contributed by atoms with Crippen molar-refractivity contribution >= 4 is 44.4 Å². The Bertz CT molecular complexity index is 1460. The first-order valence-electron chi connectivity index (χ1n) is 11.4. The lowest BCUT2D eigenvalue weighted by Crippen LogP contribution is -2.47. The fourth-order valence-corrected chi connectivity index (χ4v) is 7.31. The molecule has 3 aliphatic rings. The molecule has 1 spiro atoms. The summed E-state index contributed by atoms with van der Waals surface area (Å²) < 4.78 is 72.3. The first-order valence-corrected chi connectivity index (χ1v) is 13.4. The molecule has 0 bridgehead atoms. The number of anilines is 2. The number of carbonyl (C=O) groups excluding carboxylic acids is 1. The van der Waals surface area contributed by atoms with Gasteiger partial charge in [-0.25, -0.2) is 8.42 Å². The van der Waals surface area contributed by atoms with Crippen LogP contribution in [-0.4, -0.2) is 48.5 Å². The summed E-state index contributed by atoms with van der Waals surface area (Å²) in [6.45, 7) is -0.478. The Balaban J connectivity index is 1.63. The minimum Gasteiger partial charge on any atom is -0.486 e. The van der Waals surface area contributed by atoms with Crippen LogP contribution in [0.1, 0.15) is 36.8 Å². The Morgan fingerprint density at radius 3 is 2.46 bits per heavy atom. The summed E-state index contributed by atoms with van der Waals surface area (Å²) in [5, 5.41) is 18.4. The van der Waals surface area contributed by atoms with Gasteiger partial charge in [-0.2, -0.15) is 18.4 Å². The van der Waals surface area contributed by atoms with Gasteiger partial charge in [0, 0.05) is 5.69 Å². The molecule has 1 aliphatic carbocycles. The normalized spacial score (nSPS) is 22.2. The molecule has 2 aromatic carbocycles. The van der Waals surface area contributed by atoms with Gasteiger partial charge in [-0.1, -0.05) is 12.8 Å². The van der Waals surface area contributed by atoms with Crippen molar-refractivity contribution in [3.8, 4) is 11.8 Å². The number of fused-ring (bicyclic) bond motifs is 1. The fourth-order valence-electron chi connectivity index (χ4n) is 5.27. The smallest absolute Gasteiger partial charge is 0.417 e. The van der Waals surface area contributed by atoms with Gasteiger partial charge >= 0.3 is 6.18 Å².